The number of nitrogens with one attached hydrogen (secondary N) is 1. The van der Waals surface area contributed by atoms with E-state index in [1.807, 2.05) is 0 Å². The van der Waals surface area contributed by atoms with Crippen LogP contribution in [0.3, 0.4) is 0 Å². The Morgan fingerprint density at radius 1 is 1.59 bits per heavy atom. The topological polar surface area (TPSA) is 75.3 Å². The number of hydrogen-bond donors (Lipinski definition) is 1. The smallest absolute Gasteiger partial charge is 0.260 e. The molecule has 7 heteroatoms. The molecule has 0 radical (unpaired) electrons. The standard InChI is InChI=1S/C10H17N3O3S/c1-8-3-4-13(6-9(8)16-2)17(14,15)10-5-11-7-12-10/h5,7-9H,3-4,6H2,1-2H3,(H,11,12). The summed E-state index contributed by atoms with van der Waals surface area (Å²) in [6, 6.07) is 0. The molecule has 2 unspecified atom stereocenters. The van der Waals surface area contributed by atoms with Crippen molar-refractivity contribution in [1.82, 2.24) is 14.3 Å². The summed E-state index contributed by atoms with van der Waals surface area (Å²) in [5, 5.41) is 0.141. The van der Waals surface area contributed by atoms with Crippen LogP contribution in [-0.2, 0) is 14.8 Å². The largest absolute Gasteiger partial charge is 0.380 e. The van der Waals surface area contributed by atoms with Crippen molar-refractivity contribution in [2.24, 2.45) is 5.92 Å². The van der Waals surface area contributed by atoms with Crippen LogP contribution in [-0.4, -0.2) is 49.0 Å². The molecule has 96 valence electrons. The summed E-state index contributed by atoms with van der Waals surface area (Å²) in [4.78, 5) is 6.38. The van der Waals surface area contributed by atoms with Gasteiger partial charge in [0.05, 0.1) is 18.6 Å². The molecule has 1 aliphatic heterocycles. The normalized spacial score (nSPS) is 27.2. The summed E-state index contributed by atoms with van der Waals surface area (Å²) in [6.45, 7) is 3.01. The van der Waals surface area contributed by atoms with Gasteiger partial charge in [-0.2, -0.15) is 4.31 Å². The molecule has 0 amide bonds. The first-order chi connectivity index (χ1) is 8.05. The number of piperidine rings is 1. The van der Waals surface area contributed by atoms with Crippen LogP contribution >= 0.6 is 0 Å². The van der Waals surface area contributed by atoms with Crippen LogP contribution in [0.4, 0.5) is 0 Å². The van der Waals surface area contributed by atoms with E-state index >= 15 is 0 Å². The Kier molecular flexibility index (Phi) is 3.50. The molecule has 1 saturated heterocycles. The van der Waals surface area contributed by atoms with Gasteiger partial charge in [-0.15, -0.1) is 0 Å². The van der Waals surface area contributed by atoms with Crippen molar-refractivity contribution in [2.45, 2.75) is 24.5 Å². The van der Waals surface area contributed by atoms with Crippen molar-refractivity contribution < 1.29 is 13.2 Å². The highest BCUT2D eigenvalue weighted by molar-refractivity contribution is 7.89. The highest BCUT2D eigenvalue weighted by atomic mass is 32.2. The molecule has 1 aromatic heterocycles. The average Bonchev–Trinajstić information content (AvgIpc) is 2.83. The molecule has 0 saturated carbocycles. The molecule has 2 rings (SSSR count). The molecular weight excluding hydrogens is 242 g/mol. The summed E-state index contributed by atoms with van der Waals surface area (Å²) in [5.74, 6) is 0.383. The van der Waals surface area contributed by atoms with Gasteiger partial charge in [-0.05, 0) is 12.3 Å². The SMILES string of the molecule is COC1CN(S(=O)(=O)c2cnc[nH]2)CCC1C. The first-order valence-corrected chi connectivity index (χ1v) is 7.01. The highest BCUT2D eigenvalue weighted by Gasteiger charge is 2.34. The van der Waals surface area contributed by atoms with Crippen molar-refractivity contribution in [3.05, 3.63) is 12.5 Å². The van der Waals surface area contributed by atoms with Gasteiger partial charge in [-0.3, -0.25) is 0 Å². The Morgan fingerprint density at radius 3 is 2.94 bits per heavy atom. The zero-order valence-electron chi connectivity index (χ0n) is 9.96. The minimum atomic E-state index is -3.45. The lowest BCUT2D eigenvalue weighted by Crippen LogP contribution is -2.46. The van der Waals surface area contributed by atoms with Crippen molar-refractivity contribution >= 4 is 10.0 Å². The third kappa shape index (κ3) is 2.36. The van der Waals surface area contributed by atoms with E-state index in [1.54, 1.807) is 7.11 Å². The number of hydrogen-bond acceptors (Lipinski definition) is 4. The van der Waals surface area contributed by atoms with Gasteiger partial charge < -0.3 is 9.72 Å². The Morgan fingerprint density at radius 2 is 2.35 bits per heavy atom. The third-order valence-corrected chi connectivity index (χ3v) is 5.04. The molecule has 0 spiro atoms. The minimum Gasteiger partial charge on any atom is -0.380 e. The van der Waals surface area contributed by atoms with Gasteiger partial charge in [0.2, 0.25) is 0 Å². The lowest BCUT2D eigenvalue weighted by atomic mass is 9.97. The molecule has 6 nitrogen and oxygen atoms in total. The maximum atomic E-state index is 12.2. The second-order valence-electron chi connectivity index (χ2n) is 4.32. The van der Waals surface area contributed by atoms with Crippen LogP contribution in [0.5, 0.6) is 0 Å². The second kappa shape index (κ2) is 4.75. The van der Waals surface area contributed by atoms with Gasteiger partial charge in [0.1, 0.15) is 0 Å². The number of rotatable bonds is 3. The number of imidazole rings is 1. The highest BCUT2D eigenvalue weighted by Crippen LogP contribution is 2.24. The molecule has 0 aromatic carbocycles. The summed E-state index contributed by atoms with van der Waals surface area (Å²) in [7, 11) is -1.83. The number of aromatic amines is 1. The minimum absolute atomic E-state index is 0.0403. The van der Waals surface area contributed by atoms with Crippen LogP contribution in [0.25, 0.3) is 0 Å². The van der Waals surface area contributed by atoms with Crippen molar-refractivity contribution in [1.29, 1.82) is 0 Å². The molecular formula is C10H17N3O3S. The van der Waals surface area contributed by atoms with Crippen LogP contribution < -0.4 is 0 Å². The van der Waals surface area contributed by atoms with Gasteiger partial charge in [0, 0.05) is 20.2 Å². The number of methoxy groups -OCH3 is 1. The van der Waals surface area contributed by atoms with Gasteiger partial charge in [-0.1, -0.05) is 6.92 Å². The average molecular weight is 259 g/mol. The molecule has 2 heterocycles. The zero-order valence-corrected chi connectivity index (χ0v) is 10.8. The van der Waals surface area contributed by atoms with E-state index in [-0.39, 0.29) is 11.1 Å². The van der Waals surface area contributed by atoms with Gasteiger partial charge in [-0.25, -0.2) is 13.4 Å². The third-order valence-electron chi connectivity index (χ3n) is 3.25. The van der Waals surface area contributed by atoms with E-state index in [0.29, 0.717) is 19.0 Å². The number of aromatic nitrogens is 2. The lowest BCUT2D eigenvalue weighted by molar-refractivity contribution is 0.0183. The molecule has 0 bridgehead atoms. The van der Waals surface area contributed by atoms with Crippen molar-refractivity contribution in [3.8, 4) is 0 Å². The quantitative estimate of drug-likeness (QED) is 0.855. The molecule has 2 atom stereocenters. The zero-order chi connectivity index (χ0) is 12.5. The van der Waals surface area contributed by atoms with E-state index < -0.39 is 10.0 Å². The first-order valence-electron chi connectivity index (χ1n) is 5.57. The number of H-pyrrole nitrogens is 1. The van der Waals surface area contributed by atoms with Gasteiger partial charge in [0.25, 0.3) is 10.0 Å². The Bertz CT molecular complexity index is 457. The maximum Gasteiger partial charge on any atom is 0.260 e. The Labute approximate surface area is 101 Å². The van der Waals surface area contributed by atoms with E-state index in [9.17, 15) is 8.42 Å². The molecule has 1 N–H and O–H groups in total. The van der Waals surface area contributed by atoms with Crippen LogP contribution in [0.15, 0.2) is 17.6 Å². The predicted octanol–water partition coefficient (Wildman–Crippen LogP) is 0.455. The molecule has 0 aliphatic carbocycles. The van der Waals surface area contributed by atoms with E-state index in [2.05, 4.69) is 16.9 Å². The monoisotopic (exact) mass is 259 g/mol. The fourth-order valence-electron chi connectivity index (χ4n) is 2.05. The summed E-state index contributed by atoms with van der Waals surface area (Å²) in [5.41, 5.74) is 0. The second-order valence-corrected chi connectivity index (χ2v) is 6.23. The maximum absolute atomic E-state index is 12.2. The lowest BCUT2D eigenvalue weighted by Gasteiger charge is -2.34. The summed E-state index contributed by atoms with van der Waals surface area (Å²) >= 11 is 0. The van der Waals surface area contributed by atoms with E-state index in [4.69, 9.17) is 4.74 Å². The van der Waals surface area contributed by atoms with Crippen LogP contribution in [0, 0.1) is 5.92 Å². The molecule has 17 heavy (non-hydrogen) atoms. The molecule has 1 aromatic rings. The summed E-state index contributed by atoms with van der Waals surface area (Å²) < 4.78 is 31.2. The molecule has 1 fully saturated rings. The van der Waals surface area contributed by atoms with Gasteiger partial charge >= 0.3 is 0 Å². The first kappa shape index (κ1) is 12.5. The molecule has 1 aliphatic rings. The van der Waals surface area contributed by atoms with Crippen LogP contribution in [0.2, 0.25) is 0 Å². The fraction of sp³-hybridized carbons (Fsp3) is 0.700. The van der Waals surface area contributed by atoms with Crippen molar-refractivity contribution in [3.63, 3.8) is 0 Å². The number of sulfonamides is 1. The fourth-order valence-corrected chi connectivity index (χ4v) is 3.42. The predicted molar refractivity (Wildman–Crippen MR) is 61.9 cm³/mol. The van der Waals surface area contributed by atoms with E-state index in [1.165, 1.54) is 16.8 Å². The van der Waals surface area contributed by atoms with E-state index in [0.717, 1.165) is 6.42 Å². The van der Waals surface area contributed by atoms with Crippen molar-refractivity contribution in [2.75, 3.05) is 20.2 Å². The summed E-state index contributed by atoms with van der Waals surface area (Å²) in [6.07, 6.45) is 3.47. The Hall–Kier alpha value is -0.920. The van der Waals surface area contributed by atoms with Crippen LogP contribution in [0.1, 0.15) is 13.3 Å². The number of nitrogens with zero attached hydrogens (tertiary/aromatic N) is 2. The Balaban J connectivity index is 2.19. The number of ether oxygens (including phenoxy) is 1. The van der Waals surface area contributed by atoms with Gasteiger partial charge in [0.15, 0.2) is 5.03 Å².